The van der Waals surface area contributed by atoms with Gasteiger partial charge in [-0.05, 0) is 67.3 Å². The maximum absolute atomic E-state index is 12.3. The first kappa shape index (κ1) is 17.3. The van der Waals surface area contributed by atoms with Crippen LogP contribution in [0.4, 0.5) is 0 Å². The summed E-state index contributed by atoms with van der Waals surface area (Å²) in [5, 5.41) is 0. The van der Waals surface area contributed by atoms with E-state index in [0.29, 0.717) is 12.3 Å². The Bertz CT molecular complexity index is 823. The molecule has 144 valence electrons. The summed E-state index contributed by atoms with van der Waals surface area (Å²) in [4.78, 5) is 18.5. The first-order valence-corrected chi connectivity index (χ1v) is 10.6. The van der Waals surface area contributed by atoms with Crippen LogP contribution in [0.1, 0.15) is 58.8 Å². The van der Waals surface area contributed by atoms with E-state index in [1.54, 1.807) is 0 Å². The summed E-state index contributed by atoms with van der Waals surface area (Å²) in [7, 11) is 1.93. The molecule has 3 unspecified atom stereocenters. The Labute approximate surface area is 162 Å². The maximum Gasteiger partial charge on any atom is 0.226 e. The van der Waals surface area contributed by atoms with Crippen LogP contribution in [0.3, 0.4) is 0 Å². The summed E-state index contributed by atoms with van der Waals surface area (Å²) < 4.78 is 2.25. The van der Waals surface area contributed by atoms with Crippen LogP contribution in [0.2, 0.25) is 0 Å². The lowest BCUT2D eigenvalue weighted by Gasteiger charge is -2.56. The van der Waals surface area contributed by atoms with Crippen LogP contribution in [0, 0.1) is 28.6 Å². The normalized spacial score (nSPS) is 41.2. The second-order valence-corrected chi connectivity index (χ2v) is 9.74. The number of fused-ring (bicyclic) bond motifs is 5. The minimum Gasteiger partial charge on any atom is -0.322 e. The van der Waals surface area contributed by atoms with Gasteiger partial charge in [0.1, 0.15) is 0 Å². The van der Waals surface area contributed by atoms with Gasteiger partial charge in [0.05, 0.1) is 6.33 Å². The number of rotatable bonds is 1. The standard InChI is InChI=1S/C23H31N3O/c1-22-11-9-21(27)25(3)14-16(22)4-5-17-18-6-7-20(26-13-12-24-15-26)23(18,2)10-8-19(17)22/h7,12-15,17-19H,4-6,8-11H2,1-3H3/t17?,18?,19?,22-,23-/m0/s1. The van der Waals surface area contributed by atoms with E-state index in [-0.39, 0.29) is 16.7 Å². The van der Waals surface area contributed by atoms with Crippen LogP contribution in [0.5, 0.6) is 0 Å². The Balaban J connectivity index is 1.48. The molecule has 1 aromatic heterocycles. The SMILES string of the molecule is CN1C=C2CCC3C(CC[C@]4(C)C(n5ccnc5)=CCC34)[C@@]2(C)CCC1=O. The van der Waals surface area contributed by atoms with Crippen molar-refractivity contribution in [3.8, 4) is 0 Å². The molecular formula is C23H31N3O. The molecule has 5 atom stereocenters. The molecule has 4 nitrogen and oxygen atoms in total. The minimum atomic E-state index is 0.197. The fraction of sp³-hybridized carbons (Fsp3) is 0.652. The number of aromatic nitrogens is 2. The third kappa shape index (κ3) is 2.34. The molecule has 0 N–H and O–H groups in total. The number of nitrogens with zero attached hydrogens (tertiary/aromatic N) is 3. The Morgan fingerprint density at radius 2 is 1.96 bits per heavy atom. The molecule has 0 aromatic carbocycles. The zero-order valence-electron chi connectivity index (χ0n) is 16.8. The van der Waals surface area contributed by atoms with E-state index in [2.05, 4.69) is 41.9 Å². The minimum absolute atomic E-state index is 0.197. The van der Waals surface area contributed by atoms with Gasteiger partial charge in [-0.3, -0.25) is 4.79 Å². The highest BCUT2D eigenvalue weighted by Gasteiger charge is 2.57. The highest BCUT2D eigenvalue weighted by atomic mass is 16.2. The second kappa shape index (κ2) is 5.83. The number of hydrogen-bond donors (Lipinski definition) is 0. The number of amides is 1. The molecular weight excluding hydrogens is 334 g/mol. The quantitative estimate of drug-likeness (QED) is 0.723. The van der Waals surface area contributed by atoms with Crippen LogP contribution in [0.25, 0.3) is 5.70 Å². The van der Waals surface area contributed by atoms with Crippen LogP contribution < -0.4 is 0 Å². The highest BCUT2D eigenvalue weighted by Crippen LogP contribution is 2.65. The van der Waals surface area contributed by atoms with Gasteiger partial charge in [-0.1, -0.05) is 19.9 Å². The molecule has 0 radical (unpaired) electrons. The van der Waals surface area contributed by atoms with Crippen molar-refractivity contribution < 1.29 is 4.79 Å². The van der Waals surface area contributed by atoms with E-state index < -0.39 is 0 Å². The van der Waals surface area contributed by atoms with Crippen molar-refractivity contribution in [2.45, 2.75) is 58.8 Å². The van der Waals surface area contributed by atoms with E-state index in [1.165, 1.54) is 37.0 Å². The fourth-order valence-corrected chi connectivity index (χ4v) is 7.08. The van der Waals surface area contributed by atoms with E-state index in [1.807, 2.05) is 24.5 Å². The van der Waals surface area contributed by atoms with Gasteiger partial charge in [-0.15, -0.1) is 0 Å². The molecule has 1 amide bonds. The molecule has 5 rings (SSSR count). The first-order valence-electron chi connectivity index (χ1n) is 10.6. The summed E-state index contributed by atoms with van der Waals surface area (Å²) in [6, 6.07) is 0. The molecule has 0 saturated heterocycles. The number of allylic oxidation sites excluding steroid dienone is 3. The zero-order chi connectivity index (χ0) is 18.8. The number of hydrogen-bond acceptors (Lipinski definition) is 2. The topological polar surface area (TPSA) is 38.1 Å². The molecule has 1 aliphatic heterocycles. The van der Waals surface area contributed by atoms with Gasteiger partial charge in [0.2, 0.25) is 5.91 Å². The van der Waals surface area contributed by atoms with Crippen molar-refractivity contribution in [2.75, 3.05) is 7.05 Å². The summed E-state index contributed by atoms with van der Waals surface area (Å²) in [5.41, 5.74) is 3.45. The number of carbonyl (C=O) groups excluding carboxylic acids is 1. The Morgan fingerprint density at radius 3 is 2.74 bits per heavy atom. The molecule has 3 aliphatic carbocycles. The molecule has 0 bridgehead atoms. The van der Waals surface area contributed by atoms with E-state index >= 15 is 0 Å². The lowest BCUT2D eigenvalue weighted by Crippen LogP contribution is -2.49. The van der Waals surface area contributed by atoms with Gasteiger partial charge in [0, 0.05) is 43.2 Å². The van der Waals surface area contributed by atoms with Gasteiger partial charge < -0.3 is 9.47 Å². The average Bonchev–Trinajstić information content (AvgIpc) is 3.26. The monoisotopic (exact) mass is 365 g/mol. The van der Waals surface area contributed by atoms with E-state index in [0.717, 1.165) is 24.7 Å². The lowest BCUT2D eigenvalue weighted by atomic mass is 9.48. The summed E-state index contributed by atoms with van der Waals surface area (Å²) in [5.74, 6) is 2.48. The van der Waals surface area contributed by atoms with Gasteiger partial charge in [0.15, 0.2) is 0 Å². The van der Waals surface area contributed by atoms with Crippen molar-refractivity contribution in [3.63, 3.8) is 0 Å². The molecule has 1 aromatic rings. The fourth-order valence-electron chi connectivity index (χ4n) is 7.08. The van der Waals surface area contributed by atoms with Gasteiger partial charge >= 0.3 is 0 Å². The molecule has 4 heteroatoms. The summed E-state index contributed by atoms with van der Waals surface area (Å²) in [6.45, 7) is 4.95. The third-order valence-corrected chi connectivity index (χ3v) is 8.66. The lowest BCUT2D eigenvalue weighted by molar-refractivity contribution is -0.127. The molecule has 0 spiro atoms. The highest BCUT2D eigenvalue weighted by molar-refractivity contribution is 5.77. The molecule has 2 saturated carbocycles. The van der Waals surface area contributed by atoms with E-state index in [4.69, 9.17) is 0 Å². The predicted octanol–water partition coefficient (Wildman–Crippen LogP) is 4.71. The van der Waals surface area contributed by atoms with Crippen molar-refractivity contribution >= 4 is 11.6 Å². The smallest absolute Gasteiger partial charge is 0.226 e. The maximum atomic E-state index is 12.3. The molecule has 27 heavy (non-hydrogen) atoms. The Hall–Kier alpha value is -1.84. The van der Waals surface area contributed by atoms with Crippen LogP contribution in [0.15, 0.2) is 36.6 Å². The van der Waals surface area contributed by atoms with Crippen molar-refractivity contribution in [3.05, 3.63) is 36.6 Å². The summed E-state index contributed by atoms with van der Waals surface area (Å²) in [6.07, 6.45) is 18.5. The van der Waals surface area contributed by atoms with Crippen molar-refractivity contribution in [1.29, 1.82) is 0 Å². The first-order chi connectivity index (χ1) is 12.9. The Kier molecular flexibility index (Phi) is 3.73. The number of imidazole rings is 1. The molecule has 2 fully saturated rings. The van der Waals surface area contributed by atoms with Crippen LogP contribution in [-0.2, 0) is 4.79 Å². The van der Waals surface area contributed by atoms with Gasteiger partial charge in [-0.2, -0.15) is 0 Å². The largest absolute Gasteiger partial charge is 0.322 e. The van der Waals surface area contributed by atoms with E-state index in [9.17, 15) is 4.79 Å². The van der Waals surface area contributed by atoms with Crippen molar-refractivity contribution in [1.82, 2.24) is 14.5 Å². The third-order valence-electron chi connectivity index (χ3n) is 8.66. The number of carbonyl (C=O) groups is 1. The zero-order valence-corrected chi connectivity index (χ0v) is 16.8. The van der Waals surface area contributed by atoms with Gasteiger partial charge in [-0.25, -0.2) is 4.98 Å². The molecule has 2 heterocycles. The average molecular weight is 366 g/mol. The van der Waals surface area contributed by atoms with Crippen LogP contribution >= 0.6 is 0 Å². The second-order valence-electron chi connectivity index (χ2n) is 9.74. The van der Waals surface area contributed by atoms with Gasteiger partial charge in [0.25, 0.3) is 0 Å². The summed E-state index contributed by atoms with van der Waals surface area (Å²) >= 11 is 0. The van der Waals surface area contributed by atoms with Crippen LogP contribution in [-0.4, -0.2) is 27.4 Å². The predicted molar refractivity (Wildman–Crippen MR) is 106 cm³/mol. The molecule has 4 aliphatic rings. The Morgan fingerprint density at radius 1 is 1.11 bits per heavy atom. The van der Waals surface area contributed by atoms with Crippen molar-refractivity contribution in [2.24, 2.45) is 28.6 Å².